The quantitative estimate of drug-likeness (QED) is 0.394. The molecule has 4 N–H and O–H groups in total. The van der Waals surface area contributed by atoms with Crippen LogP contribution < -0.4 is 11.1 Å². The third-order valence-corrected chi connectivity index (χ3v) is 7.97. The van der Waals surface area contributed by atoms with Crippen LogP contribution in [0.15, 0.2) is 24.3 Å². The molecule has 1 aromatic carbocycles. The maximum atomic E-state index is 13.8. The normalized spacial score (nSPS) is 23.1. The van der Waals surface area contributed by atoms with E-state index in [-0.39, 0.29) is 30.6 Å². The van der Waals surface area contributed by atoms with Crippen molar-refractivity contribution in [2.45, 2.75) is 50.2 Å². The first-order valence-electron chi connectivity index (χ1n) is 10.9. The fourth-order valence-corrected chi connectivity index (χ4v) is 6.10. The molecule has 0 radical (unpaired) electrons. The second kappa shape index (κ2) is 9.53. The summed E-state index contributed by atoms with van der Waals surface area (Å²) in [4.78, 5) is 38.2. The molecule has 33 heavy (non-hydrogen) atoms. The molecule has 170 valence electrons. The number of nitrogens with two attached hydrogens (primary N) is 1. The van der Waals surface area contributed by atoms with E-state index in [1.165, 1.54) is 11.3 Å². The van der Waals surface area contributed by atoms with Gasteiger partial charge in [0.25, 0.3) is 5.91 Å². The van der Waals surface area contributed by atoms with Crippen LogP contribution >= 0.6 is 22.9 Å². The van der Waals surface area contributed by atoms with Gasteiger partial charge in [0.2, 0.25) is 5.78 Å². The molecule has 0 spiro atoms. The molecule has 3 aromatic rings. The summed E-state index contributed by atoms with van der Waals surface area (Å²) in [6.45, 7) is 1.72. The number of nitrogens with one attached hydrogen (secondary N) is 2. The SMILES string of the molecule is CN1CCc2nc(C(=O)NC3(C(=O)c4cc5cc(Cl)ccc5[nH]4)CCCCC3N)sc2C1.[LiH]. The predicted molar refractivity (Wildman–Crippen MR) is 134 cm³/mol. The third-order valence-electron chi connectivity index (χ3n) is 6.65. The Morgan fingerprint density at radius 3 is 2.94 bits per heavy atom. The Balaban J connectivity index is 0.00000259. The molecule has 10 heteroatoms. The van der Waals surface area contributed by atoms with E-state index >= 15 is 0 Å². The number of thiazole rings is 1. The van der Waals surface area contributed by atoms with Gasteiger partial charge >= 0.3 is 18.9 Å². The van der Waals surface area contributed by atoms with Crippen molar-refractivity contribution in [1.82, 2.24) is 20.2 Å². The molecule has 1 fully saturated rings. The number of rotatable bonds is 4. The summed E-state index contributed by atoms with van der Waals surface area (Å²) < 4.78 is 0. The van der Waals surface area contributed by atoms with Crippen molar-refractivity contribution >= 4 is 64.4 Å². The van der Waals surface area contributed by atoms with Crippen molar-refractivity contribution in [3.8, 4) is 0 Å². The predicted octanol–water partition coefficient (Wildman–Crippen LogP) is 2.87. The summed E-state index contributed by atoms with van der Waals surface area (Å²) in [6, 6.07) is 6.75. The standard InChI is InChI=1S/C23H26ClN5O2S.Li.H/c1-29-9-7-16-18(12-29)32-22(27-16)21(31)28-23(8-3-2-4-19(23)25)20(30)17-11-13-10-14(24)5-6-15(13)26-17;;/h5-6,10-11,19,26H,2-4,7-9,12,25H2,1H3,(H,28,31);;. The van der Waals surface area contributed by atoms with Gasteiger partial charge in [-0.25, -0.2) is 4.98 Å². The first-order valence-corrected chi connectivity index (χ1v) is 12.1. The van der Waals surface area contributed by atoms with E-state index in [4.69, 9.17) is 17.3 Å². The molecule has 1 aliphatic carbocycles. The van der Waals surface area contributed by atoms with Gasteiger partial charge in [0.1, 0.15) is 5.54 Å². The van der Waals surface area contributed by atoms with Crippen LogP contribution in [-0.2, 0) is 13.0 Å². The fraction of sp³-hybridized carbons (Fsp3) is 0.435. The fourth-order valence-electron chi connectivity index (χ4n) is 4.84. The monoisotopic (exact) mass is 479 g/mol. The molecule has 2 aromatic heterocycles. The number of nitrogens with zero attached hydrogens (tertiary/aromatic N) is 2. The van der Waals surface area contributed by atoms with E-state index in [2.05, 4.69) is 27.2 Å². The number of amides is 1. The number of Topliss-reactive ketones (excluding diaryl/α,β-unsaturated/α-hetero) is 1. The molecule has 5 rings (SSSR count). The van der Waals surface area contributed by atoms with Gasteiger partial charge < -0.3 is 20.9 Å². The van der Waals surface area contributed by atoms with Gasteiger partial charge in [-0.3, -0.25) is 9.59 Å². The topological polar surface area (TPSA) is 104 Å². The minimum absolute atomic E-state index is 0. The van der Waals surface area contributed by atoms with Crippen LogP contribution in [0, 0.1) is 0 Å². The molecule has 2 unspecified atom stereocenters. The van der Waals surface area contributed by atoms with Crippen molar-refractivity contribution < 1.29 is 9.59 Å². The Bertz CT molecular complexity index is 1210. The molecule has 2 aliphatic rings. The van der Waals surface area contributed by atoms with Gasteiger partial charge in [0.15, 0.2) is 5.01 Å². The number of carbonyl (C=O) groups excluding carboxylic acids is 2. The molecule has 3 heterocycles. The molecule has 0 saturated heterocycles. The number of ketones is 1. The van der Waals surface area contributed by atoms with Crippen LogP contribution in [0.5, 0.6) is 0 Å². The average Bonchev–Trinajstić information content (AvgIpc) is 3.38. The Morgan fingerprint density at radius 2 is 2.15 bits per heavy atom. The van der Waals surface area contributed by atoms with Crippen molar-refractivity contribution in [2.75, 3.05) is 13.6 Å². The molecule has 0 bridgehead atoms. The van der Waals surface area contributed by atoms with Gasteiger partial charge in [-0.15, -0.1) is 11.3 Å². The van der Waals surface area contributed by atoms with E-state index in [0.29, 0.717) is 28.6 Å². The summed E-state index contributed by atoms with van der Waals surface area (Å²) in [5.41, 5.74) is 7.59. The number of H-pyrrole nitrogens is 1. The summed E-state index contributed by atoms with van der Waals surface area (Å²) in [7, 11) is 2.06. The van der Waals surface area contributed by atoms with E-state index in [1.54, 1.807) is 12.1 Å². The molecule has 1 amide bonds. The Labute approximate surface area is 213 Å². The average molecular weight is 480 g/mol. The van der Waals surface area contributed by atoms with E-state index in [9.17, 15) is 9.59 Å². The van der Waals surface area contributed by atoms with Gasteiger partial charge in [0.05, 0.1) is 11.4 Å². The van der Waals surface area contributed by atoms with Crippen LogP contribution in [-0.4, -0.2) is 70.6 Å². The van der Waals surface area contributed by atoms with Crippen molar-refractivity contribution in [3.63, 3.8) is 0 Å². The number of carbonyl (C=O) groups is 2. The summed E-state index contributed by atoms with van der Waals surface area (Å²) in [5.74, 6) is -0.511. The minimum atomic E-state index is -1.16. The number of hydrogen-bond acceptors (Lipinski definition) is 6. The third kappa shape index (κ3) is 4.53. The van der Waals surface area contributed by atoms with Crippen LogP contribution in [0.3, 0.4) is 0 Å². The zero-order valence-electron chi connectivity index (χ0n) is 17.9. The number of fused-ring (bicyclic) bond motifs is 2. The summed E-state index contributed by atoms with van der Waals surface area (Å²) >= 11 is 7.52. The Kier molecular flexibility index (Phi) is 7.07. The summed E-state index contributed by atoms with van der Waals surface area (Å²) in [6.07, 6.45) is 3.77. The number of likely N-dealkylation sites (N-methyl/N-ethyl adjacent to an activating group) is 1. The number of hydrogen-bond donors (Lipinski definition) is 3. The number of halogens is 1. The first kappa shape index (κ1) is 24.5. The van der Waals surface area contributed by atoms with Crippen molar-refractivity contribution in [1.29, 1.82) is 0 Å². The first-order chi connectivity index (χ1) is 15.4. The molecule has 2 atom stereocenters. The van der Waals surface area contributed by atoms with Crippen molar-refractivity contribution in [3.05, 3.63) is 50.6 Å². The maximum absolute atomic E-state index is 13.8. The van der Waals surface area contributed by atoms with Gasteiger partial charge in [0, 0.05) is 46.4 Å². The van der Waals surface area contributed by atoms with Crippen LogP contribution in [0.25, 0.3) is 10.9 Å². The Hall–Kier alpha value is -1.66. The van der Waals surface area contributed by atoms with E-state index in [0.717, 1.165) is 53.8 Å². The molecular weight excluding hydrogens is 453 g/mol. The molecule has 7 nitrogen and oxygen atoms in total. The number of aromatic amines is 1. The van der Waals surface area contributed by atoms with Gasteiger partial charge in [-0.2, -0.15) is 0 Å². The van der Waals surface area contributed by atoms with E-state index in [1.807, 2.05) is 12.1 Å². The van der Waals surface area contributed by atoms with Crippen LogP contribution in [0.1, 0.15) is 56.5 Å². The molecule has 1 saturated carbocycles. The number of benzene rings is 1. The van der Waals surface area contributed by atoms with Crippen LogP contribution in [0.4, 0.5) is 0 Å². The second-order valence-electron chi connectivity index (χ2n) is 8.90. The zero-order valence-corrected chi connectivity index (χ0v) is 19.5. The van der Waals surface area contributed by atoms with E-state index < -0.39 is 11.6 Å². The van der Waals surface area contributed by atoms with Crippen molar-refractivity contribution in [2.24, 2.45) is 5.73 Å². The van der Waals surface area contributed by atoms with Gasteiger partial charge in [-0.05, 0) is 44.2 Å². The molecular formula is C23H27ClLiN5O2S. The Morgan fingerprint density at radius 1 is 1.33 bits per heavy atom. The van der Waals surface area contributed by atoms with Crippen LogP contribution in [0.2, 0.25) is 5.02 Å². The zero-order chi connectivity index (χ0) is 22.5. The summed E-state index contributed by atoms with van der Waals surface area (Å²) in [5, 5.41) is 4.90. The molecule has 1 aliphatic heterocycles. The number of aromatic nitrogens is 2. The van der Waals surface area contributed by atoms with Gasteiger partial charge in [-0.1, -0.05) is 24.4 Å². The second-order valence-corrected chi connectivity index (χ2v) is 10.4.